The summed E-state index contributed by atoms with van der Waals surface area (Å²) in [6.07, 6.45) is 1.38. The van der Waals surface area contributed by atoms with Crippen molar-refractivity contribution in [3.8, 4) is 5.69 Å². The Balaban J connectivity index is 1.75. The molecule has 1 aromatic carbocycles. The smallest absolute Gasteiger partial charge is 0.350 e. The number of carbonyl (C=O) groups excluding carboxylic acids is 1. The molecule has 0 aliphatic heterocycles. The van der Waals surface area contributed by atoms with E-state index in [4.69, 9.17) is 4.74 Å². The van der Waals surface area contributed by atoms with Crippen LogP contribution in [0.5, 0.6) is 0 Å². The van der Waals surface area contributed by atoms with Gasteiger partial charge in [-0.15, -0.1) is 16.4 Å². The summed E-state index contributed by atoms with van der Waals surface area (Å²) in [5.41, 5.74) is 0.856. The van der Waals surface area contributed by atoms with Gasteiger partial charge in [-0.1, -0.05) is 18.2 Å². The Bertz CT molecular complexity index is 757. The van der Waals surface area contributed by atoms with Gasteiger partial charge in [0.2, 0.25) is 0 Å². The van der Waals surface area contributed by atoms with Crippen LogP contribution in [0.2, 0.25) is 0 Å². The Kier molecular flexibility index (Phi) is 3.69. The highest BCUT2D eigenvalue weighted by molar-refractivity contribution is 7.12. The van der Waals surface area contributed by atoms with E-state index in [2.05, 4.69) is 15.5 Å². The summed E-state index contributed by atoms with van der Waals surface area (Å²) in [6, 6.07) is 7.86. The Labute approximate surface area is 122 Å². The first-order chi connectivity index (χ1) is 10.3. The Hall–Kier alpha value is -2.61. The van der Waals surface area contributed by atoms with Gasteiger partial charge in [-0.2, -0.15) is 4.68 Å². The van der Waals surface area contributed by atoms with Gasteiger partial charge in [0.1, 0.15) is 23.6 Å². The standard InChI is InChI=1S/C13H9FN4O2S/c14-10-4-2-1-3-9(10)7-20-13(19)12-11(5-6-21-12)18-8-15-16-17-18/h1-6,8H,7H2. The maximum atomic E-state index is 13.5. The largest absolute Gasteiger partial charge is 0.456 e. The molecule has 0 unspecified atom stereocenters. The van der Waals surface area contributed by atoms with Gasteiger partial charge in [0.15, 0.2) is 0 Å². The lowest BCUT2D eigenvalue weighted by Gasteiger charge is -2.06. The van der Waals surface area contributed by atoms with Crippen LogP contribution in [0.3, 0.4) is 0 Å². The highest BCUT2D eigenvalue weighted by atomic mass is 32.1. The molecular formula is C13H9FN4O2S. The maximum absolute atomic E-state index is 13.5. The van der Waals surface area contributed by atoms with Gasteiger partial charge in [0.05, 0.1) is 5.69 Å². The number of tetrazole rings is 1. The van der Waals surface area contributed by atoms with Crippen molar-refractivity contribution in [2.45, 2.75) is 6.61 Å². The molecule has 0 bridgehead atoms. The Morgan fingerprint density at radius 3 is 2.95 bits per heavy atom. The van der Waals surface area contributed by atoms with Crippen LogP contribution < -0.4 is 0 Å². The predicted molar refractivity (Wildman–Crippen MR) is 72.6 cm³/mol. The third-order valence-electron chi connectivity index (χ3n) is 2.74. The number of benzene rings is 1. The summed E-state index contributed by atoms with van der Waals surface area (Å²) >= 11 is 1.21. The van der Waals surface area contributed by atoms with Gasteiger partial charge < -0.3 is 4.74 Å². The molecule has 0 spiro atoms. The molecule has 6 nitrogen and oxygen atoms in total. The quantitative estimate of drug-likeness (QED) is 0.691. The molecule has 0 saturated heterocycles. The molecule has 0 aliphatic rings. The van der Waals surface area contributed by atoms with Crippen LogP contribution >= 0.6 is 11.3 Å². The number of esters is 1. The van der Waals surface area contributed by atoms with Crippen LogP contribution in [-0.4, -0.2) is 26.2 Å². The first kappa shape index (κ1) is 13.4. The minimum absolute atomic E-state index is 0.127. The summed E-state index contributed by atoms with van der Waals surface area (Å²) in [5, 5.41) is 12.5. The van der Waals surface area contributed by atoms with E-state index in [1.807, 2.05) is 0 Å². The van der Waals surface area contributed by atoms with E-state index in [0.717, 1.165) is 0 Å². The minimum atomic E-state index is -0.543. The summed E-state index contributed by atoms with van der Waals surface area (Å²) in [6.45, 7) is -0.127. The SMILES string of the molecule is O=C(OCc1ccccc1F)c1sccc1-n1cnnn1. The van der Waals surface area contributed by atoms with E-state index in [1.165, 1.54) is 28.4 Å². The molecule has 0 fully saturated rings. The zero-order valence-electron chi connectivity index (χ0n) is 10.6. The molecule has 3 aromatic rings. The highest BCUT2D eigenvalue weighted by Crippen LogP contribution is 2.21. The fourth-order valence-corrected chi connectivity index (χ4v) is 2.50. The van der Waals surface area contributed by atoms with Crippen molar-refractivity contribution in [2.75, 3.05) is 0 Å². The fraction of sp³-hybridized carbons (Fsp3) is 0.0769. The highest BCUT2D eigenvalue weighted by Gasteiger charge is 2.17. The maximum Gasteiger partial charge on any atom is 0.350 e. The second kappa shape index (κ2) is 5.80. The summed E-state index contributed by atoms with van der Waals surface area (Å²) in [4.78, 5) is 12.5. The van der Waals surface area contributed by atoms with Crippen molar-refractivity contribution in [1.29, 1.82) is 0 Å². The average Bonchev–Trinajstić information content (AvgIpc) is 3.16. The lowest BCUT2D eigenvalue weighted by molar-refractivity contribution is 0.0474. The van der Waals surface area contributed by atoms with Crippen molar-refractivity contribution in [2.24, 2.45) is 0 Å². The molecule has 0 saturated carbocycles. The third kappa shape index (κ3) is 2.79. The molecule has 0 amide bonds. The van der Waals surface area contributed by atoms with Crippen molar-refractivity contribution in [3.05, 3.63) is 58.3 Å². The predicted octanol–water partition coefficient (Wildman–Crippen LogP) is 2.22. The van der Waals surface area contributed by atoms with E-state index >= 15 is 0 Å². The number of rotatable bonds is 4. The topological polar surface area (TPSA) is 69.9 Å². The molecule has 0 radical (unpaired) electrons. The zero-order valence-corrected chi connectivity index (χ0v) is 11.5. The van der Waals surface area contributed by atoms with Crippen molar-refractivity contribution in [3.63, 3.8) is 0 Å². The minimum Gasteiger partial charge on any atom is -0.456 e. The van der Waals surface area contributed by atoms with Crippen LogP contribution in [-0.2, 0) is 11.3 Å². The number of nitrogens with zero attached hydrogens (tertiary/aromatic N) is 4. The monoisotopic (exact) mass is 304 g/mol. The Morgan fingerprint density at radius 1 is 1.33 bits per heavy atom. The number of hydrogen-bond acceptors (Lipinski definition) is 6. The summed E-state index contributed by atoms with van der Waals surface area (Å²) in [5.74, 6) is -0.948. The lowest BCUT2D eigenvalue weighted by Crippen LogP contribution is -2.08. The fourth-order valence-electron chi connectivity index (χ4n) is 1.73. The molecule has 21 heavy (non-hydrogen) atoms. The van der Waals surface area contributed by atoms with Gasteiger partial charge in [0.25, 0.3) is 0 Å². The van der Waals surface area contributed by atoms with Crippen molar-refractivity contribution >= 4 is 17.3 Å². The zero-order chi connectivity index (χ0) is 14.7. The van der Waals surface area contributed by atoms with Gasteiger partial charge in [-0.05, 0) is 27.9 Å². The van der Waals surface area contributed by atoms with E-state index in [1.54, 1.807) is 29.6 Å². The van der Waals surface area contributed by atoms with Crippen LogP contribution in [0, 0.1) is 5.82 Å². The number of hydrogen-bond donors (Lipinski definition) is 0. The molecule has 106 valence electrons. The second-order valence-electron chi connectivity index (χ2n) is 4.06. The van der Waals surface area contributed by atoms with Crippen molar-refractivity contribution < 1.29 is 13.9 Å². The van der Waals surface area contributed by atoms with Gasteiger partial charge in [-0.3, -0.25) is 0 Å². The van der Waals surface area contributed by atoms with E-state index in [9.17, 15) is 9.18 Å². The summed E-state index contributed by atoms with van der Waals surface area (Å²) < 4.78 is 20.0. The number of ether oxygens (including phenoxy) is 1. The first-order valence-corrected chi connectivity index (χ1v) is 6.85. The van der Waals surface area contributed by atoms with E-state index < -0.39 is 11.8 Å². The van der Waals surface area contributed by atoms with Crippen LogP contribution in [0.1, 0.15) is 15.2 Å². The van der Waals surface area contributed by atoms with E-state index in [-0.39, 0.29) is 6.61 Å². The number of thiophene rings is 1. The number of aromatic nitrogens is 4. The summed E-state index contributed by atoms with van der Waals surface area (Å²) in [7, 11) is 0. The van der Waals surface area contributed by atoms with Crippen LogP contribution in [0.25, 0.3) is 5.69 Å². The van der Waals surface area contributed by atoms with Crippen LogP contribution in [0.4, 0.5) is 4.39 Å². The number of halogens is 1. The third-order valence-corrected chi connectivity index (χ3v) is 3.63. The van der Waals surface area contributed by atoms with Gasteiger partial charge in [0, 0.05) is 5.56 Å². The molecular weight excluding hydrogens is 295 g/mol. The first-order valence-electron chi connectivity index (χ1n) is 5.97. The van der Waals surface area contributed by atoms with Crippen LogP contribution in [0.15, 0.2) is 42.0 Å². The van der Waals surface area contributed by atoms with E-state index in [0.29, 0.717) is 16.1 Å². The molecule has 3 rings (SSSR count). The second-order valence-corrected chi connectivity index (χ2v) is 4.97. The molecule has 2 heterocycles. The lowest BCUT2D eigenvalue weighted by atomic mass is 10.2. The number of carbonyl (C=O) groups is 1. The van der Waals surface area contributed by atoms with Gasteiger partial charge in [-0.25, -0.2) is 9.18 Å². The Morgan fingerprint density at radius 2 is 2.19 bits per heavy atom. The normalized spacial score (nSPS) is 10.5. The molecule has 0 N–H and O–H groups in total. The molecule has 2 aromatic heterocycles. The molecule has 0 aliphatic carbocycles. The molecule has 8 heteroatoms. The molecule has 0 atom stereocenters. The average molecular weight is 304 g/mol. The van der Waals surface area contributed by atoms with Gasteiger partial charge >= 0.3 is 5.97 Å². The van der Waals surface area contributed by atoms with Crippen molar-refractivity contribution in [1.82, 2.24) is 20.2 Å².